The zero-order chi connectivity index (χ0) is 57.2. The lowest BCUT2D eigenvalue weighted by molar-refractivity contribution is -0.332. The number of allylic oxidation sites excluding steroid dienone is 20. The van der Waals surface area contributed by atoms with Crippen LogP contribution < -0.4 is 0 Å². The quantitative estimate of drug-likeness (QED) is 0.0172. The number of hydrogen-bond acceptors (Lipinski definition) is 14. The number of unbranched alkanes of at least 4 members (excludes halogenated alkanes) is 13. The molecule has 2 rings (SSSR count). The van der Waals surface area contributed by atoms with Crippen LogP contribution in [0, 0.1) is 0 Å². The summed E-state index contributed by atoms with van der Waals surface area (Å²) in [5.74, 6) is -0.403. The highest BCUT2D eigenvalue weighted by atomic mass is 16.7. The number of ether oxygens (including phenoxy) is 6. The zero-order valence-electron chi connectivity index (χ0n) is 48.3. The average Bonchev–Trinajstić information content (AvgIpc) is 3.46. The Bertz CT molecular complexity index is 1770. The molecule has 450 valence electrons. The summed E-state index contributed by atoms with van der Waals surface area (Å²) in [6, 6.07) is 0. The minimum absolute atomic E-state index is 0.0131. The van der Waals surface area contributed by atoms with E-state index in [0.717, 1.165) is 103 Å². The zero-order valence-corrected chi connectivity index (χ0v) is 48.3. The molecule has 0 radical (unpaired) electrons. The number of carbonyl (C=O) groups is 1. The second-order valence-corrected chi connectivity index (χ2v) is 20.4. The fourth-order valence-electron chi connectivity index (χ4n) is 8.70. The minimum Gasteiger partial charge on any atom is -0.457 e. The maximum atomic E-state index is 13.1. The molecule has 11 unspecified atom stereocenters. The van der Waals surface area contributed by atoms with E-state index >= 15 is 0 Å². The van der Waals surface area contributed by atoms with Crippen molar-refractivity contribution in [2.45, 2.75) is 248 Å². The normalized spacial score (nSPS) is 24.9. The fourth-order valence-corrected chi connectivity index (χ4v) is 8.70. The van der Waals surface area contributed by atoms with Crippen molar-refractivity contribution in [1.29, 1.82) is 0 Å². The lowest BCUT2D eigenvalue weighted by atomic mass is 9.98. The summed E-state index contributed by atoms with van der Waals surface area (Å²) in [6.45, 7) is 3.29. The first-order valence-electron chi connectivity index (χ1n) is 30.1. The summed E-state index contributed by atoms with van der Waals surface area (Å²) >= 11 is 0. The van der Waals surface area contributed by atoms with Crippen molar-refractivity contribution in [3.63, 3.8) is 0 Å². The van der Waals surface area contributed by atoms with E-state index in [0.29, 0.717) is 13.0 Å². The van der Waals surface area contributed by atoms with Gasteiger partial charge in [0.05, 0.1) is 26.4 Å². The van der Waals surface area contributed by atoms with E-state index in [-0.39, 0.29) is 19.6 Å². The van der Waals surface area contributed by atoms with Crippen LogP contribution in [0.4, 0.5) is 0 Å². The third-order valence-electron chi connectivity index (χ3n) is 13.5. The molecule has 0 aromatic carbocycles. The number of aliphatic hydroxyl groups excluding tert-OH is 7. The third-order valence-corrected chi connectivity index (χ3v) is 13.5. The van der Waals surface area contributed by atoms with Crippen molar-refractivity contribution >= 4 is 5.97 Å². The molecule has 0 aromatic heterocycles. The van der Waals surface area contributed by atoms with Crippen molar-refractivity contribution in [2.24, 2.45) is 0 Å². The van der Waals surface area contributed by atoms with Gasteiger partial charge in [0, 0.05) is 13.0 Å². The van der Waals surface area contributed by atoms with Gasteiger partial charge in [-0.15, -0.1) is 0 Å². The van der Waals surface area contributed by atoms with Gasteiger partial charge in [-0.05, 0) is 96.3 Å². The van der Waals surface area contributed by atoms with Gasteiger partial charge < -0.3 is 64.2 Å². The second-order valence-electron chi connectivity index (χ2n) is 20.4. The van der Waals surface area contributed by atoms with E-state index < -0.39 is 86.7 Å². The van der Waals surface area contributed by atoms with Crippen LogP contribution in [0.15, 0.2) is 122 Å². The Labute approximate surface area is 476 Å². The molecular weight excluding hydrogens is 1000 g/mol. The molecule has 7 N–H and O–H groups in total. The highest BCUT2D eigenvalue weighted by Crippen LogP contribution is 2.26. The van der Waals surface area contributed by atoms with E-state index in [1.165, 1.54) is 51.4 Å². The Morgan fingerprint density at radius 2 is 0.785 bits per heavy atom. The fraction of sp³-hybridized carbons (Fsp3) is 0.677. The van der Waals surface area contributed by atoms with Crippen LogP contribution in [-0.2, 0) is 33.2 Å². The summed E-state index contributed by atoms with van der Waals surface area (Å²) in [4.78, 5) is 13.1. The number of hydrogen-bond donors (Lipinski definition) is 7. The van der Waals surface area contributed by atoms with E-state index in [1.807, 2.05) is 0 Å². The summed E-state index contributed by atoms with van der Waals surface area (Å²) in [7, 11) is 0. The standard InChI is InChI=1S/C65H106O14/c1-3-5-7-9-11-13-15-17-19-21-23-25-26-27-28-29-30-32-34-36-38-40-42-44-46-48-57(67)77-54(51-74-49-47-45-43-41-39-37-35-33-31-24-22-20-18-16-14-12-10-8-6-4-2)52-75-64-63(73)61(71)59(69)56(79-64)53-76-65-62(72)60(70)58(68)55(50-66)78-65/h5-8,11-14,17-20,23-25,31,35,37,41,43,54-56,58-66,68-73H,3-4,9-10,15-16,21-22,26-30,32-34,36,38-40,42,44-53H2,1-2H3/b7-5-,8-6-,13-11-,14-12-,19-17-,20-18-,25-23-,31-24-,37-35-,43-41-. The smallest absolute Gasteiger partial charge is 0.306 e. The van der Waals surface area contributed by atoms with Gasteiger partial charge in [0.1, 0.15) is 54.9 Å². The van der Waals surface area contributed by atoms with Crippen LogP contribution in [0.5, 0.6) is 0 Å². The van der Waals surface area contributed by atoms with Gasteiger partial charge in [-0.3, -0.25) is 4.79 Å². The molecule has 2 aliphatic rings. The predicted octanol–water partition coefficient (Wildman–Crippen LogP) is 11.3. The molecule has 2 fully saturated rings. The van der Waals surface area contributed by atoms with Crippen molar-refractivity contribution in [2.75, 3.05) is 33.0 Å². The predicted molar refractivity (Wildman–Crippen MR) is 316 cm³/mol. The van der Waals surface area contributed by atoms with Gasteiger partial charge in [-0.25, -0.2) is 0 Å². The molecule has 0 saturated carbocycles. The highest BCUT2D eigenvalue weighted by molar-refractivity contribution is 5.69. The topological polar surface area (TPSA) is 214 Å². The first-order valence-corrected chi connectivity index (χ1v) is 30.1. The Morgan fingerprint density at radius 3 is 1.23 bits per heavy atom. The van der Waals surface area contributed by atoms with Crippen molar-refractivity contribution in [3.8, 4) is 0 Å². The molecule has 0 bridgehead atoms. The van der Waals surface area contributed by atoms with Crippen molar-refractivity contribution in [1.82, 2.24) is 0 Å². The molecule has 2 saturated heterocycles. The Hall–Kier alpha value is -3.61. The molecule has 2 heterocycles. The van der Waals surface area contributed by atoms with Crippen LogP contribution in [-0.4, -0.2) is 142 Å². The molecule has 79 heavy (non-hydrogen) atoms. The van der Waals surface area contributed by atoms with Crippen molar-refractivity contribution < 1.29 is 69.0 Å². The summed E-state index contributed by atoms with van der Waals surface area (Å²) in [5, 5.41) is 72.4. The third kappa shape index (κ3) is 36.5. The van der Waals surface area contributed by atoms with Gasteiger partial charge >= 0.3 is 5.97 Å². The van der Waals surface area contributed by atoms with E-state index in [9.17, 15) is 40.5 Å². The molecule has 2 aliphatic heterocycles. The molecule has 11 atom stereocenters. The van der Waals surface area contributed by atoms with E-state index in [2.05, 4.69) is 135 Å². The number of carbonyl (C=O) groups excluding carboxylic acids is 1. The molecule has 0 aliphatic carbocycles. The largest absolute Gasteiger partial charge is 0.457 e. The lowest BCUT2D eigenvalue weighted by Gasteiger charge is -2.42. The van der Waals surface area contributed by atoms with Crippen LogP contribution in [0.25, 0.3) is 0 Å². The van der Waals surface area contributed by atoms with Gasteiger partial charge in [-0.2, -0.15) is 0 Å². The molecule has 0 spiro atoms. The monoisotopic (exact) mass is 1110 g/mol. The first kappa shape index (κ1) is 71.5. The molecular formula is C65H106O14. The summed E-state index contributed by atoms with van der Waals surface area (Å²) in [6.07, 6.45) is 54.1. The molecule has 14 nitrogen and oxygen atoms in total. The summed E-state index contributed by atoms with van der Waals surface area (Å²) in [5.41, 5.74) is 0. The van der Waals surface area contributed by atoms with Gasteiger partial charge in [0.25, 0.3) is 0 Å². The number of esters is 1. The first-order chi connectivity index (χ1) is 38.6. The van der Waals surface area contributed by atoms with Crippen LogP contribution in [0.3, 0.4) is 0 Å². The Balaban J connectivity index is 1.72. The Morgan fingerprint density at radius 1 is 0.418 bits per heavy atom. The minimum atomic E-state index is -1.73. The van der Waals surface area contributed by atoms with E-state index in [1.54, 1.807) is 0 Å². The van der Waals surface area contributed by atoms with Gasteiger partial charge in [0.15, 0.2) is 12.6 Å². The molecule has 0 aromatic rings. The average molecular weight is 1110 g/mol. The van der Waals surface area contributed by atoms with Gasteiger partial charge in [-0.1, -0.05) is 200 Å². The second kappa shape index (κ2) is 50.1. The maximum Gasteiger partial charge on any atom is 0.306 e. The molecule has 14 heteroatoms. The number of aliphatic hydroxyl groups is 7. The van der Waals surface area contributed by atoms with Crippen LogP contribution in [0.1, 0.15) is 181 Å². The maximum absolute atomic E-state index is 13.1. The number of rotatable bonds is 47. The lowest BCUT2D eigenvalue weighted by Crippen LogP contribution is -2.61. The van der Waals surface area contributed by atoms with Crippen LogP contribution >= 0.6 is 0 Å². The SMILES string of the molecule is CC/C=C\C/C=C\C/C=C\C/C=C\C/C=C\C/C=C\CCCOCC(COC1OC(COC2OC(CO)C(O)C(O)C2O)C(O)C(O)C1O)OC(=O)CCCCCCCCCCCCCC/C=C\C/C=C\C/C=C\C/C=C\CC. The van der Waals surface area contributed by atoms with E-state index in [4.69, 9.17) is 28.4 Å². The Kier molecular flexibility index (Phi) is 45.4. The molecule has 0 amide bonds. The van der Waals surface area contributed by atoms with Crippen LogP contribution in [0.2, 0.25) is 0 Å². The van der Waals surface area contributed by atoms with Gasteiger partial charge in [0.2, 0.25) is 0 Å². The van der Waals surface area contributed by atoms with Crippen molar-refractivity contribution in [3.05, 3.63) is 122 Å². The highest BCUT2D eigenvalue weighted by Gasteiger charge is 2.47. The summed E-state index contributed by atoms with van der Waals surface area (Å²) < 4.78 is 34.3.